The SMILES string of the molecule is O=C(O)/C(=C1/C=CCC1)c1ccccc1. The second-order valence-electron chi connectivity index (χ2n) is 3.51. The molecular weight excluding hydrogens is 188 g/mol. The third-order valence-corrected chi connectivity index (χ3v) is 2.50. The molecular formula is C13H12O2. The van der Waals surface area contributed by atoms with Gasteiger partial charge in [-0.25, -0.2) is 4.79 Å². The zero-order valence-corrected chi connectivity index (χ0v) is 8.31. The zero-order chi connectivity index (χ0) is 10.7. The Morgan fingerprint density at radius 1 is 1.20 bits per heavy atom. The Balaban J connectivity index is 2.50. The summed E-state index contributed by atoms with van der Waals surface area (Å²) in [5.74, 6) is -0.845. The van der Waals surface area contributed by atoms with Crippen molar-refractivity contribution >= 4 is 11.5 Å². The Hall–Kier alpha value is -1.83. The van der Waals surface area contributed by atoms with Crippen LogP contribution in [-0.4, -0.2) is 11.1 Å². The number of carboxylic acid groups (broad SMARTS) is 1. The van der Waals surface area contributed by atoms with E-state index in [4.69, 9.17) is 0 Å². The van der Waals surface area contributed by atoms with Gasteiger partial charge in [0.25, 0.3) is 0 Å². The minimum absolute atomic E-state index is 0.435. The van der Waals surface area contributed by atoms with Crippen LogP contribution in [-0.2, 0) is 4.79 Å². The molecule has 76 valence electrons. The quantitative estimate of drug-likeness (QED) is 0.745. The first-order chi connectivity index (χ1) is 7.29. The first kappa shape index (κ1) is 9.71. The van der Waals surface area contributed by atoms with Crippen LogP contribution in [0, 0.1) is 0 Å². The summed E-state index contributed by atoms with van der Waals surface area (Å²) in [5, 5.41) is 9.20. The van der Waals surface area contributed by atoms with Crippen molar-refractivity contribution in [1.82, 2.24) is 0 Å². The van der Waals surface area contributed by atoms with E-state index in [-0.39, 0.29) is 0 Å². The molecule has 0 saturated heterocycles. The van der Waals surface area contributed by atoms with Gasteiger partial charge in [0.15, 0.2) is 0 Å². The molecule has 0 bridgehead atoms. The Kier molecular flexibility index (Phi) is 2.68. The number of allylic oxidation sites excluding steroid dienone is 3. The molecule has 1 aliphatic carbocycles. The van der Waals surface area contributed by atoms with Gasteiger partial charge in [0.1, 0.15) is 0 Å². The van der Waals surface area contributed by atoms with Crippen molar-refractivity contribution in [2.45, 2.75) is 12.8 Å². The molecule has 0 aromatic heterocycles. The van der Waals surface area contributed by atoms with Gasteiger partial charge in [-0.15, -0.1) is 0 Å². The maximum absolute atomic E-state index is 11.2. The Bertz CT molecular complexity index is 427. The highest BCUT2D eigenvalue weighted by Gasteiger charge is 2.16. The molecule has 0 unspecified atom stereocenters. The summed E-state index contributed by atoms with van der Waals surface area (Å²) in [6, 6.07) is 9.28. The van der Waals surface area contributed by atoms with E-state index in [9.17, 15) is 9.90 Å². The Morgan fingerprint density at radius 2 is 1.93 bits per heavy atom. The normalized spacial score (nSPS) is 17.9. The highest BCUT2D eigenvalue weighted by atomic mass is 16.4. The van der Waals surface area contributed by atoms with Gasteiger partial charge in [-0.05, 0) is 24.0 Å². The molecule has 1 aromatic carbocycles. The maximum Gasteiger partial charge on any atom is 0.336 e. The molecule has 0 radical (unpaired) electrons. The fraction of sp³-hybridized carbons (Fsp3) is 0.154. The van der Waals surface area contributed by atoms with Crippen LogP contribution in [0.15, 0.2) is 48.1 Å². The molecule has 1 N–H and O–H groups in total. The number of carbonyl (C=O) groups is 1. The summed E-state index contributed by atoms with van der Waals surface area (Å²) in [7, 11) is 0. The van der Waals surface area contributed by atoms with Crippen LogP contribution in [0.25, 0.3) is 5.57 Å². The van der Waals surface area contributed by atoms with Crippen molar-refractivity contribution in [2.75, 3.05) is 0 Å². The zero-order valence-electron chi connectivity index (χ0n) is 8.31. The third kappa shape index (κ3) is 1.99. The average molecular weight is 200 g/mol. The van der Waals surface area contributed by atoms with E-state index in [1.165, 1.54) is 0 Å². The molecule has 0 aliphatic heterocycles. The largest absolute Gasteiger partial charge is 0.478 e. The van der Waals surface area contributed by atoms with Crippen LogP contribution in [0.5, 0.6) is 0 Å². The second kappa shape index (κ2) is 4.13. The number of benzene rings is 1. The summed E-state index contributed by atoms with van der Waals surface area (Å²) >= 11 is 0. The number of hydrogen-bond acceptors (Lipinski definition) is 1. The molecule has 2 rings (SSSR count). The lowest BCUT2D eigenvalue weighted by Gasteiger charge is -2.05. The van der Waals surface area contributed by atoms with E-state index in [0.717, 1.165) is 24.0 Å². The molecule has 15 heavy (non-hydrogen) atoms. The molecule has 2 heteroatoms. The molecule has 2 nitrogen and oxygen atoms in total. The van der Waals surface area contributed by atoms with Gasteiger partial charge in [0, 0.05) is 0 Å². The molecule has 0 spiro atoms. The third-order valence-electron chi connectivity index (χ3n) is 2.50. The standard InChI is InChI=1S/C13H12O2/c14-13(15)12(11-8-4-5-9-11)10-6-2-1-3-7-10/h1-4,6-8H,5,9H2,(H,14,15)/b12-11-. The second-order valence-corrected chi connectivity index (χ2v) is 3.51. The van der Waals surface area contributed by atoms with Gasteiger partial charge in [0.2, 0.25) is 0 Å². The van der Waals surface area contributed by atoms with E-state index in [0.29, 0.717) is 5.57 Å². The Morgan fingerprint density at radius 3 is 2.47 bits per heavy atom. The number of carboxylic acids is 1. The van der Waals surface area contributed by atoms with Crippen LogP contribution < -0.4 is 0 Å². The van der Waals surface area contributed by atoms with Crippen LogP contribution >= 0.6 is 0 Å². The minimum Gasteiger partial charge on any atom is -0.478 e. The van der Waals surface area contributed by atoms with Gasteiger partial charge < -0.3 is 5.11 Å². The maximum atomic E-state index is 11.2. The van der Waals surface area contributed by atoms with Crippen LogP contribution in [0.3, 0.4) is 0 Å². The van der Waals surface area contributed by atoms with Crippen LogP contribution in [0.4, 0.5) is 0 Å². The number of aliphatic carboxylic acids is 1. The predicted octanol–water partition coefficient (Wildman–Crippen LogP) is 2.87. The van der Waals surface area contributed by atoms with Crippen molar-refractivity contribution in [1.29, 1.82) is 0 Å². The molecule has 0 heterocycles. The van der Waals surface area contributed by atoms with E-state index < -0.39 is 5.97 Å². The summed E-state index contributed by atoms with van der Waals surface area (Å²) in [5.41, 5.74) is 2.14. The lowest BCUT2D eigenvalue weighted by molar-refractivity contribution is -0.130. The summed E-state index contributed by atoms with van der Waals surface area (Å²) in [4.78, 5) is 11.2. The van der Waals surface area contributed by atoms with Gasteiger partial charge in [-0.3, -0.25) is 0 Å². The molecule has 1 aromatic rings. The highest BCUT2D eigenvalue weighted by Crippen LogP contribution is 2.26. The molecule has 0 atom stereocenters. The van der Waals surface area contributed by atoms with Crippen LogP contribution in [0.2, 0.25) is 0 Å². The highest BCUT2D eigenvalue weighted by molar-refractivity contribution is 6.17. The van der Waals surface area contributed by atoms with Gasteiger partial charge in [-0.2, -0.15) is 0 Å². The van der Waals surface area contributed by atoms with Crippen molar-refractivity contribution in [3.63, 3.8) is 0 Å². The van der Waals surface area contributed by atoms with Gasteiger partial charge in [-0.1, -0.05) is 42.5 Å². The predicted molar refractivity (Wildman–Crippen MR) is 59.4 cm³/mol. The number of hydrogen-bond donors (Lipinski definition) is 1. The molecule has 1 aliphatic rings. The average Bonchev–Trinajstić information content (AvgIpc) is 2.72. The molecule has 0 saturated carbocycles. The fourth-order valence-electron chi connectivity index (χ4n) is 1.81. The van der Waals surface area contributed by atoms with Crippen molar-refractivity contribution < 1.29 is 9.90 Å². The lowest BCUT2D eigenvalue weighted by atomic mass is 9.99. The van der Waals surface area contributed by atoms with Crippen molar-refractivity contribution in [3.05, 3.63) is 53.6 Å². The van der Waals surface area contributed by atoms with Crippen molar-refractivity contribution in [3.8, 4) is 0 Å². The molecule has 0 amide bonds. The molecule has 0 fully saturated rings. The minimum atomic E-state index is -0.845. The summed E-state index contributed by atoms with van der Waals surface area (Å²) < 4.78 is 0. The van der Waals surface area contributed by atoms with Gasteiger partial charge in [0.05, 0.1) is 5.57 Å². The fourth-order valence-corrected chi connectivity index (χ4v) is 1.81. The van der Waals surface area contributed by atoms with E-state index >= 15 is 0 Å². The van der Waals surface area contributed by atoms with E-state index in [2.05, 4.69) is 0 Å². The topological polar surface area (TPSA) is 37.3 Å². The van der Waals surface area contributed by atoms with E-state index in [1.54, 1.807) is 0 Å². The number of rotatable bonds is 2. The lowest BCUT2D eigenvalue weighted by Crippen LogP contribution is -2.02. The monoisotopic (exact) mass is 200 g/mol. The first-order valence-corrected chi connectivity index (χ1v) is 4.97. The van der Waals surface area contributed by atoms with Crippen molar-refractivity contribution in [2.24, 2.45) is 0 Å². The van der Waals surface area contributed by atoms with E-state index in [1.807, 2.05) is 42.5 Å². The summed E-state index contributed by atoms with van der Waals surface area (Å²) in [6.45, 7) is 0. The summed E-state index contributed by atoms with van der Waals surface area (Å²) in [6.07, 6.45) is 5.70. The smallest absolute Gasteiger partial charge is 0.336 e. The van der Waals surface area contributed by atoms with Gasteiger partial charge >= 0.3 is 5.97 Å². The Labute approximate surface area is 88.6 Å². The van der Waals surface area contributed by atoms with Crippen LogP contribution in [0.1, 0.15) is 18.4 Å². The first-order valence-electron chi connectivity index (χ1n) is 4.97.